The lowest BCUT2D eigenvalue weighted by Crippen LogP contribution is -2.54. The first-order valence-electron chi connectivity index (χ1n) is 8.96. The van der Waals surface area contributed by atoms with Crippen molar-refractivity contribution in [2.75, 3.05) is 4.90 Å². The quantitative estimate of drug-likeness (QED) is 0.540. The Kier molecular flexibility index (Phi) is 4.35. The summed E-state index contributed by atoms with van der Waals surface area (Å²) in [4.78, 5) is 50.9. The van der Waals surface area contributed by atoms with Gasteiger partial charge in [0.1, 0.15) is 5.57 Å². The minimum Gasteiger partial charge on any atom is -0.281 e. The van der Waals surface area contributed by atoms with Crippen molar-refractivity contribution in [2.45, 2.75) is 13.8 Å². The van der Waals surface area contributed by atoms with Crippen LogP contribution in [0, 0.1) is 6.92 Å². The number of hydrogen-bond acceptors (Lipinski definition) is 4. The number of benzene rings is 2. The Balaban J connectivity index is 1.85. The van der Waals surface area contributed by atoms with E-state index >= 15 is 0 Å². The maximum atomic E-state index is 13.0. The van der Waals surface area contributed by atoms with Crippen LogP contribution in [-0.2, 0) is 9.59 Å². The maximum absolute atomic E-state index is 13.0. The first-order chi connectivity index (χ1) is 13.9. The normalized spacial score (nSPS) is 15.9. The summed E-state index contributed by atoms with van der Waals surface area (Å²) in [6, 6.07) is 15.0. The molecule has 0 spiro atoms. The zero-order valence-electron chi connectivity index (χ0n) is 15.8. The SMILES string of the molecule is CC(=O)n1c(/C=C2\C(=O)NC(=O)N(c3cccc(C)c3)C2=O)cc2ccccc21. The van der Waals surface area contributed by atoms with Gasteiger partial charge in [-0.3, -0.25) is 24.3 Å². The van der Waals surface area contributed by atoms with E-state index in [0.29, 0.717) is 16.9 Å². The van der Waals surface area contributed by atoms with Crippen LogP contribution in [0.25, 0.3) is 17.0 Å². The fourth-order valence-electron chi connectivity index (χ4n) is 3.44. The van der Waals surface area contributed by atoms with E-state index < -0.39 is 17.8 Å². The van der Waals surface area contributed by atoms with Crippen molar-refractivity contribution in [2.24, 2.45) is 0 Å². The number of rotatable bonds is 2. The zero-order chi connectivity index (χ0) is 20.7. The fourth-order valence-corrected chi connectivity index (χ4v) is 3.44. The minimum absolute atomic E-state index is 0.226. The number of barbiturate groups is 1. The van der Waals surface area contributed by atoms with Gasteiger partial charge in [-0.2, -0.15) is 0 Å². The lowest BCUT2D eigenvalue weighted by Gasteiger charge is -2.26. The van der Waals surface area contributed by atoms with Gasteiger partial charge in [0.05, 0.1) is 16.9 Å². The summed E-state index contributed by atoms with van der Waals surface area (Å²) < 4.78 is 1.43. The van der Waals surface area contributed by atoms with Gasteiger partial charge in [-0.1, -0.05) is 30.3 Å². The van der Waals surface area contributed by atoms with Crippen molar-refractivity contribution in [1.82, 2.24) is 9.88 Å². The second kappa shape index (κ2) is 6.87. The summed E-state index contributed by atoms with van der Waals surface area (Å²) >= 11 is 0. The van der Waals surface area contributed by atoms with Gasteiger partial charge in [-0.15, -0.1) is 0 Å². The second-order valence-electron chi connectivity index (χ2n) is 6.78. The summed E-state index contributed by atoms with van der Waals surface area (Å²) in [6.45, 7) is 3.24. The third-order valence-corrected chi connectivity index (χ3v) is 4.71. The molecule has 4 rings (SSSR count). The molecule has 2 heterocycles. The number of nitrogens with one attached hydrogen (secondary N) is 1. The predicted octanol–water partition coefficient (Wildman–Crippen LogP) is 3.28. The largest absolute Gasteiger partial charge is 0.335 e. The number of para-hydroxylation sites is 1. The molecule has 1 aliphatic rings. The molecule has 1 N–H and O–H groups in total. The highest BCUT2D eigenvalue weighted by molar-refractivity contribution is 6.39. The van der Waals surface area contributed by atoms with Gasteiger partial charge in [-0.25, -0.2) is 9.69 Å². The molecule has 1 saturated heterocycles. The molecule has 7 heteroatoms. The van der Waals surface area contributed by atoms with Crippen LogP contribution in [-0.4, -0.2) is 28.3 Å². The van der Waals surface area contributed by atoms with Crippen molar-refractivity contribution >= 4 is 46.4 Å². The number of amides is 4. The Labute approximate surface area is 166 Å². The number of anilines is 1. The number of carbonyl (C=O) groups excluding carboxylic acids is 4. The highest BCUT2D eigenvalue weighted by Gasteiger charge is 2.37. The van der Waals surface area contributed by atoms with Crippen LogP contribution < -0.4 is 10.2 Å². The van der Waals surface area contributed by atoms with Crippen molar-refractivity contribution in [3.63, 3.8) is 0 Å². The molecule has 0 aliphatic carbocycles. The number of urea groups is 1. The molecule has 7 nitrogen and oxygen atoms in total. The predicted molar refractivity (Wildman–Crippen MR) is 108 cm³/mol. The molecular weight excluding hydrogens is 370 g/mol. The Morgan fingerprint density at radius 1 is 1.00 bits per heavy atom. The van der Waals surface area contributed by atoms with Crippen LogP contribution in [0.1, 0.15) is 23.0 Å². The van der Waals surface area contributed by atoms with Crippen LogP contribution in [0.15, 0.2) is 60.2 Å². The molecule has 0 atom stereocenters. The van der Waals surface area contributed by atoms with Gasteiger partial charge < -0.3 is 0 Å². The van der Waals surface area contributed by atoms with Crippen molar-refractivity contribution in [3.05, 3.63) is 71.4 Å². The van der Waals surface area contributed by atoms with Gasteiger partial charge >= 0.3 is 6.03 Å². The van der Waals surface area contributed by atoms with Crippen LogP contribution in [0.3, 0.4) is 0 Å². The lowest BCUT2D eigenvalue weighted by atomic mass is 10.1. The van der Waals surface area contributed by atoms with E-state index in [1.54, 1.807) is 36.4 Å². The molecule has 1 aliphatic heterocycles. The molecule has 3 aromatic rings. The highest BCUT2D eigenvalue weighted by atomic mass is 16.2. The number of nitrogens with zero attached hydrogens (tertiary/aromatic N) is 2. The molecular formula is C22H17N3O4. The van der Waals surface area contributed by atoms with Crippen LogP contribution in [0.4, 0.5) is 10.5 Å². The van der Waals surface area contributed by atoms with Crippen LogP contribution >= 0.6 is 0 Å². The Morgan fingerprint density at radius 2 is 1.76 bits per heavy atom. The van der Waals surface area contributed by atoms with E-state index in [4.69, 9.17) is 0 Å². The van der Waals surface area contributed by atoms with Crippen molar-refractivity contribution < 1.29 is 19.2 Å². The number of imide groups is 2. The molecule has 2 aromatic carbocycles. The van der Waals surface area contributed by atoms with E-state index in [9.17, 15) is 19.2 Å². The lowest BCUT2D eigenvalue weighted by molar-refractivity contribution is -0.122. The van der Waals surface area contributed by atoms with E-state index in [1.165, 1.54) is 17.6 Å². The smallest absolute Gasteiger partial charge is 0.281 e. The average molecular weight is 387 g/mol. The fraction of sp³-hybridized carbons (Fsp3) is 0.0909. The number of aromatic nitrogens is 1. The van der Waals surface area contributed by atoms with Gasteiger partial charge in [0, 0.05) is 12.3 Å². The Bertz CT molecular complexity index is 1240. The molecule has 144 valence electrons. The third-order valence-electron chi connectivity index (χ3n) is 4.71. The van der Waals surface area contributed by atoms with E-state index in [0.717, 1.165) is 15.8 Å². The van der Waals surface area contributed by atoms with E-state index in [-0.39, 0.29) is 11.5 Å². The molecule has 0 radical (unpaired) electrons. The molecule has 0 bridgehead atoms. The molecule has 1 fully saturated rings. The number of aryl methyl sites for hydroxylation is 1. The Morgan fingerprint density at radius 3 is 2.48 bits per heavy atom. The second-order valence-corrected chi connectivity index (χ2v) is 6.78. The number of fused-ring (bicyclic) bond motifs is 1. The number of carbonyl (C=O) groups is 4. The van der Waals surface area contributed by atoms with Crippen LogP contribution in [0.2, 0.25) is 0 Å². The Hall–Kier alpha value is -4.00. The summed E-state index contributed by atoms with van der Waals surface area (Å²) in [5.41, 5.74) is 2.05. The van der Waals surface area contributed by atoms with Crippen LogP contribution in [0.5, 0.6) is 0 Å². The first kappa shape index (κ1) is 18.4. The summed E-state index contributed by atoms with van der Waals surface area (Å²) in [5, 5.41) is 2.99. The summed E-state index contributed by atoms with van der Waals surface area (Å²) in [5.74, 6) is -1.80. The topological polar surface area (TPSA) is 88.5 Å². The monoisotopic (exact) mass is 387 g/mol. The van der Waals surface area contributed by atoms with Gasteiger partial charge in [0.15, 0.2) is 0 Å². The summed E-state index contributed by atoms with van der Waals surface area (Å²) in [6.07, 6.45) is 1.34. The number of hydrogen-bond donors (Lipinski definition) is 1. The van der Waals surface area contributed by atoms with Gasteiger partial charge in [-0.05, 0) is 42.8 Å². The van der Waals surface area contributed by atoms with Crippen molar-refractivity contribution in [3.8, 4) is 0 Å². The summed E-state index contributed by atoms with van der Waals surface area (Å²) in [7, 11) is 0. The standard InChI is InChI=1S/C22H17N3O4/c1-13-6-5-8-16(10-13)25-21(28)18(20(27)23-22(25)29)12-17-11-15-7-3-4-9-19(15)24(17)14(2)26/h3-12H,1-2H3,(H,23,27,29)/b18-12+. The first-order valence-corrected chi connectivity index (χ1v) is 8.96. The molecule has 4 amide bonds. The minimum atomic E-state index is -0.810. The van der Waals surface area contributed by atoms with Gasteiger partial charge in [0.25, 0.3) is 11.8 Å². The molecule has 1 aromatic heterocycles. The van der Waals surface area contributed by atoms with E-state index in [2.05, 4.69) is 5.32 Å². The van der Waals surface area contributed by atoms with Gasteiger partial charge in [0.2, 0.25) is 5.91 Å². The highest BCUT2D eigenvalue weighted by Crippen LogP contribution is 2.25. The van der Waals surface area contributed by atoms with Crippen molar-refractivity contribution in [1.29, 1.82) is 0 Å². The average Bonchev–Trinajstić information content (AvgIpc) is 3.03. The van der Waals surface area contributed by atoms with E-state index in [1.807, 2.05) is 25.1 Å². The zero-order valence-corrected chi connectivity index (χ0v) is 15.8. The molecule has 0 saturated carbocycles. The molecule has 0 unspecified atom stereocenters. The molecule has 29 heavy (non-hydrogen) atoms. The third kappa shape index (κ3) is 3.12. The maximum Gasteiger partial charge on any atom is 0.335 e.